The summed E-state index contributed by atoms with van der Waals surface area (Å²) in [6, 6.07) is 8.83. The van der Waals surface area contributed by atoms with Crippen LogP contribution in [0.2, 0.25) is 0 Å². The minimum absolute atomic E-state index is 0.445. The maximum absolute atomic E-state index is 11.0. The van der Waals surface area contributed by atoms with Crippen molar-refractivity contribution in [1.29, 1.82) is 0 Å². The fourth-order valence-electron chi connectivity index (χ4n) is 1.69. The summed E-state index contributed by atoms with van der Waals surface area (Å²) >= 11 is 1.62. The molecule has 2 N–H and O–H groups in total. The highest BCUT2D eigenvalue weighted by atomic mass is 32.1. The molecule has 1 amide bonds. The van der Waals surface area contributed by atoms with Crippen molar-refractivity contribution in [1.82, 2.24) is 15.0 Å². The van der Waals surface area contributed by atoms with E-state index in [9.17, 15) is 4.79 Å². The molecule has 0 radical (unpaired) electrons. The lowest BCUT2D eigenvalue weighted by Crippen LogP contribution is -2.10. The van der Waals surface area contributed by atoms with Crippen LogP contribution in [0, 0.1) is 0 Å². The Hall–Kier alpha value is -2.47. The average Bonchev–Trinajstić information content (AvgIpc) is 3.10. The topological polar surface area (TPSA) is 73.8 Å². The van der Waals surface area contributed by atoms with Gasteiger partial charge in [-0.1, -0.05) is 0 Å². The van der Waals surface area contributed by atoms with Gasteiger partial charge in [-0.05, 0) is 35.7 Å². The Bertz CT molecular complexity index is 701. The Morgan fingerprint density at radius 1 is 1.21 bits per heavy atom. The zero-order valence-corrected chi connectivity index (χ0v) is 10.7. The van der Waals surface area contributed by atoms with Gasteiger partial charge in [-0.25, -0.2) is 0 Å². The van der Waals surface area contributed by atoms with Gasteiger partial charge in [0.1, 0.15) is 5.69 Å². The second-order valence-electron chi connectivity index (χ2n) is 3.94. The van der Waals surface area contributed by atoms with Crippen LogP contribution in [0.15, 0.2) is 47.3 Å². The van der Waals surface area contributed by atoms with Gasteiger partial charge in [0.15, 0.2) is 0 Å². The van der Waals surface area contributed by atoms with E-state index >= 15 is 0 Å². The Kier molecular flexibility index (Phi) is 2.85. The molecule has 2 heterocycles. The molecular formula is C13H10N4OS. The highest BCUT2D eigenvalue weighted by Gasteiger charge is 2.06. The van der Waals surface area contributed by atoms with Crippen molar-refractivity contribution in [3.05, 3.63) is 52.9 Å². The van der Waals surface area contributed by atoms with Gasteiger partial charge < -0.3 is 5.73 Å². The van der Waals surface area contributed by atoms with Crippen molar-refractivity contribution < 1.29 is 4.79 Å². The molecule has 0 fully saturated rings. The Labute approximate surface area is 113 Å². The maximum Gasteiger partial charge on any atom is 0.248 e. The molecule has 0 unspecified atom stereocenters. The van der Waals surface area contributed by atoms with E-state index in [1.165, 1.54) is 4.80 Å². The minimum atomic E-state index is -0.445. The van der Waals surface area contributed by atoms with E-state index in [0.29, 0.717) is 5.56 Å². The van der Waals surface area contributed by atoms with Crippen molar-refractivity contribution in [2.75, 3.05) is 0 Å². The number of primary amides is 1. The summed E-state index contributed by atoms with van der Waals surface area (Å²) in [6.45, 7) is 0. The lowest BCUT2D eigenvalue weighted by Gasteiger charge is -2.00. The lowest BCUT2D eigenvalue weighted by molar-refractivity contribution is 0.100. The van der Waals surface area contributed by atoms with Crippen LogP contribution in [0.4, 0.5) is 0 Å². The third-order valence-corrected chi connectivity index (χ3v) is 3.37. The Morgan fingerprint density at radius 2 is 2.00 bits per heavy atom. The van der Waals surface area contributed by atoms with Crippen molar-refractivity contribution >= 4 is 17.2 Å². The number of nitrogens with two attached hydrogens (primary N) is 1. The molecule has 94 valence electrons. The molecule has 0 aliphatic carbocycles. The molecule has 0 spiro atoms. The fraction of sp³-hybridized carbons (Fsp3) is 0. The molecule has 0 saturated carbocycles. The summed E-state index contributed by atoms with van der Waals surface area (Å²) in [5.74, 6) is -0.445. The zero-order valence-electron chi connectivity index (χ0n) is 9.85. The highest BCUT2D eigenvalue weighted by Crippen LogP contribution is 2.19. The molecule has 0 saturated heterocycles. The number of hydrogen-bond acceptors (Lipinski definition) is 4. The summed E-state index contributed by atoms with van der Waals surface area (Å²) < 4.78 is 0. The lowest BCUT2D eigenvalue weighted by atomic mass is 10.2. The summed E-state index contributed by atoms with van der Waals surface area (Å²) in [5, 5.41) is 12.6. The number of hydrogen-bond donors (Lipinski definition) is 1. The number of nitrogens with zero attached hydrogens (tertiary/aromatic N) is 3. The Morgan fingerprint density at radius 3 is 2.63 bits per heavy atom. The van der Waals surface area contributed by atoms with Gasteiger partial charge in [-0.3, -0.25) is 4.79 Å². The summed E-state index contributed by atoms with van der Waals surface area (Å²) in [7, 11) is 0. The molecule has 2 aromatic heterocycles. The van der Waals surface area contributed by atoms with E-state index in [1.807, 2.05) is 16.8 Å². The van der Waals surface area contributed by atoms with E-state index < -0.39 is 5.91 Å². The molecule has 1 aromatic carbocycles. The van der Waals surface area contributed by atoms with Crippen molar-refractivity contribution in [3.63, 3.8) is 0 Å². The predicted molar refractivity (Wildman–Crippen MR) is 73.2 cm³/mol. The Balaban J connectivity index is 1.92. The third kappa shape index (κ3) is 2.25. The number of amides is 1. The van der Waals surface area contributed by atoms with Gasteiger partial charge >= 0.3 is 0 Å². The first-order chi connectivity index (χ1) is 9.24. The van der Waals surface area contributed by atoms with E-state index in [1.54, 1.807) is 41.8 Å². The standard InChI is InChI=1S/C13H10N4OS/c14-13(18)9-1-3-11(4-2-9)17-15-7-12(16-17)10-5-6-19-8-10/h1-8H,(H2,14,18). The average molecular weight is 270 g/mol. The van der Waals surface area contributed by atoms with Gasteiger partial charge in [0, 0.05) is 16.5 Å². The number of aromatic nitrogens is 3. The molecule has 6 heteroatoms. The second kappa shape index (κ2) is 4.66. The van der Waals surface area contributed by atoms with Crippen molar-refractivity contribution in [2.45, 2.75) is 0 Å². The van der Waals surface area contributed by atoms with Crippen LogP contribution in [0.1, 0.15) is 10.4 Å². The van der Waals surface area contributed by atoms with Crippen LogP contribution >= 0.6 is 11.3 Å². The normalized spacial score (nSPS) is 10.5. The van der Waals surface area contributed by atoms with Gasteiger partial charge in [-0.2, -0.15) is 21.2 Å². The quantitative estimate of drug-likeness (QED) is 0.792. The number of carbonyl (C=O) groups is 1. The van der Waals surface area contributed by atoms with Crippen molar-refractivity contribution in [2.24, 2.45) is 5.73 Å². The second-order valence-corrected chi connectivity index (χ2v) is 4.72. The molecule has 5 nitrogen and oxygen atoms in total. The molecule has 0 atom stereocenters. The largest absolute Gasteiger partial charge is 0.366 e. The molecule has 0 aliphatic heterocycles. The molecule has 3 rings (SSSR count). The fourth-order valence-corrected chi connectivity index (χ4v) is 2.34. The van der Waals surface area contributed by atoms with Crippen LogP contribution in [0.5, 0.6) is 0 Å². The SMILES string of the molecule is NC(=O)c1ccc(-n2ncc(-c3ccsc3)n2)cc1. The molecule has 3 aromatic rings. The number of carbonyl (C=O) groups excluding carboxylic acids is 1. The predicted octanol–water partition coefficient (Wildman–Crippen LogP) is 2.09. The molecular weight excluding hydrogens is 260 g/mol. The molecule has 0 aliphatic rings. The number of rotatable bonds is 3. The van der Waals surface area contributed by atoms with Gasteiger partial charge in [0.05, 0.1) is 11.9 Å². The van der Waals surface area contributed by atoms with Gasteiger partial charge in [0.25, 0.3) is 0 Å². The molecule has 0 bridgehead atoms. The first-order valence-electron chi connectivity index (χ1n) is 5.59. The van der Waals surface area contributed by atoms with E-state index in [0.717, 1.165) is 16.9 Å². The zero-order chi connectivity index (χ0) is 13.2. The summed E-state index contributed by atoms with van der Waals surface area (Å²) in [6.07, 6.45) is 1.71. The number of benzene rings is 1. The smallest absolute Gasteiger partial charge is 0.248 e. The first kappa shape index (κ1) is 11.6. The van der Waals surface area contributed by atoms with Crippen LogP contribution in [-0.2, 0) is 0 Å². The van der Waals surface area contributed by atoms with E-state index in [-0.39, 0.29) is 0 Å². The van der Waals surface area contributed by atoms with Crippen LogP contribution < -0.4 is 5.73 Å². The van der Waals surface area contributed by atoms with Crippen LogP contribution in [-0.4, -0.2) is 20.9 Å². The van der Waals surface area contributed by atoms with E-state index in [2.05, 4.69) is 10.2 Å². The first-order valence-corrected chi connectivity index (χ1v) is 6.53. The maximum atomic E-state index is 11.0. The summed E-state index contributed by atoms with van der Waals surface area (Å²) in [5.41, 5.74) is 8.31. The van der Waals surface area contributed by atoms with E-state index in [4.69, 9.17) is 5.73 Å². The van der Waals surface area contributed by atoms with Gasteiger partial charge in [-0.15, -0.1) is 5.10 Å². The van der Waals surface area contributed by atoms with Crippen LogP contribution in [0.3, 0.4) is 0 Å². The highest BCUT2D eigenvalue weighted by molar-refractivity contribution is 7.08. The third-order valence-electron chi connectivity index (χ3n) is 2.69. The monoisotopic (exact) mass is 270 g/mol. The summed E-state index contributed by atoms with van der Waals surface area (Å²) in [4.78, 5) is 12.5. The van der Waals surface area contributed by atoms with Gasteiger partial charge in [0.2, 0.25) is 5.91 Å². The van der Waals surface area contributed by atoms with Crippen molar-refractivity contribution in [3.8, 4) is 16.9 Å². The molecule has 19 heavy (non-hydrogen) atoms. The minimum Gasteiger partial charge on any atom is -0.366 e. The van der Waals surface area contributed by atoms with Crippen LogP contribution in [0.25, 0.3) is 16.9 Å². The number of thiophene rings is 1.